The van der Waals surface area contributed by atoms with Crippen molar-refractivity contribution < 1.29 is 34.1 Å². The van der Waals surface area contributed by atoms with Gasteiger partial charge >= 0.3 is 12.1 Å². The number of rotatable bonds is 12. The van der Waals surface area contributed by atoms with Crippen LogP contribution < -0.4 is 10.6 Å². The summed E-state index contributed by atoms with van der Waals surface area (Å²) in [5.41, 5.74) is -0.750. The third kappa shape index (κ3) is 11.2. The molecule has 1 aliphatic rings. The van der Waals surface area contributed by atoms with E-state index in [1.165, 1.54) is 11.0 Å². The van der Waals surface area contributed by atoms with E-state index in [4.69, 9.17) is 4.74 Å². The van der Waals surface area contributed by atoms with E-state index in [-0.39, 0.29) is 13.0 Å². The number of nitrogens with zero attached hydrogens (tertiary/aromatic N) is 1. The van der Waals surface area contributed by atoms with Gasteiger partial charge in [0.2, 0.25) is 11.8 Å². The minimum atomic E-state index is -1.22. The third-order valence-corrected chi connectivity index (χ3v) is 5.66. The van der Waals surface area contributed by atoms with Crippen LogP contribution in [0.2, 0.25) is 0 Å². The Morgan fingerprint density at radius 1 is 1.14 bits per heavy atom. The summed E-state index contributed by atoms with van der Waals surface area (Å²) in [5.74, 6) is -2.95. The third-order valence-electron chi connectivity index (χ3n) is 5.66. The summed E-state index contributed by atoms with van der Waals surface area (Å²) in [6.45, 7) is 18.3. The zero-order valence-corrected chi connectivity index (χ0v) is 22.4. The molecule has 0 aliphatic carbocycles. The number of ether oxygens (including phenoxy) is 1. The zero-order valence-electron chi connectivity index (χ0n) is 22.4. The summed E-state index contributed by atoms with van der Waals surface area (Å²) < 4.78 is 5.30. The van der Waals surface area contributed by atoms with Crippen molar-refractivity contribution in [2.24, 2.45) is 5.92 Å². The second kappa shape index (κ2) is 16.0. The summed E-state index contributed by atoms with van der Waals surface area (Å²) in [6, 6.07) is -3.21. The van der Waals surface area contributed by atoms with Crippen LogP contribution in [0.4, 0.5) is 4.79 Å². The van der Waals surface area contributed by atoms with Gasteiger partial charge in [-0.05, 0) is 27.2 Å². The molecule has 1 saturated heterocycles. The van der Waals surface area contributed by atoms with Gasteiger partial charge in [0, 0.05) is 18.9 Å². The van der Waals surface area contributed by atoms with Crippen molar-refractivity contribution in [2.75, 3.05) is 6.54 Å². The number of hydrogen-bond acceptors (Lipinski definition) is 6. The highest BCUT2D eigenvalue weighted by molar-refractivity contribution is 5.93. The lowest BCUT2D eigenvalue weighted by Crippen LogP contribution is -2.56. The fourth-order valence-corrected chi connectivity index (χ4v) is 3.79. The fraction of sp³-hybridized carbons (Fsp3) is 0.692. The predicted octanol–water partition coefficient (Wildman–Crippen LogP) is 3.01. The molecule has 0 aromatic carbocycles. The number of alkyl carbamates (subject to hydrolysis) is 1. The van der Waals surface area contributed by atoms with Crippen molar-refractivity contribution in [3.8, 4) is 0 Å². The van der Waals surface area contributed by atoms with E-state index in [0.717, 1.165) is 19.3 Å². The van der Waals surface area contributed by atoms with Crippen LogP contribution in [0.15, 0.2) is 25.8 Å². The second-order valence-corrected chi connectivity index (χ2v) is 9.86. The molecule has 0 saturated carbocycles. The van der Waals surface area contributed by atoms with E-state index in [9.17, 15) is 29.4 Å². The molecule has 0 radical (unpaired) electrons. The first-order valence-electron chi connectivity index (χ1n) is 12.4. The van der Waals surface area contributed by atoms with Gasteiger partial charge in [-0.2, -0.15) is 0 Å². The molecule has 4 N–H and O–H groups in total. The highest BCUT2D eigenvalue weighted by atomic mass is 16.6. The maximum atomic E-state index is 13.4. The van der Waals surface area contributed by atoms with Crippen LogP contribution in [-0.2, 0) is 19.1 Å². The van der Waals surface area contributed by atoms with Crippen LogP contribution in [0.25, 0.3) is 0 Å². The minimum Gasteiger partial charge on any atom is -0.480 e. The maximum absolute atomic E-state index is 13.4. The molecule has 36 heavy (non-hydrogen) atoms. The Balaban J connectivity index is 0.00000596. The van der Waals surface area contributed by atoms with Gasteiger partial charge in [-0.3, -0.25) is 9.59 Å². The second-order valence-electron chi connectivity index (χ2n) is 9.86. The van der Waals surface area contributed by atoms with E-state index < -0.39 is 59.6 Å². The van der Waals surface area contributed by atoms with Gasteiger partial charge in [-0.15, -0.1) is 19.7 Å². The van der Waals surface area contributed by atoms with Gasteiger partial charge in [0.05, 0.1) is 6.10 Å². The van der Waals surface area contributed by atoms with Crippen LogP contribution >= 0.6 is 0 Å². The monoisotopic (exact) mass is 511 g/mol. The minimum absolute atomic E-state index is 0.0264. The van der Waals surface area contributed by atoms with Gasteiger partial charge in [0.1, 0.15) is 23.7 Å². The zero-order chi connectivity index (χ0) is 28.1. The van der Waals surface area contributed by atoms with Gasteiger partial charge in [-0.25, -0.2) is 9.59 Å². The van der Waals surface area contributed by atoms with Crippen molar-refractivity contribution in [1.82, 2.24) is 15.5 Å². The lowest BCUT2D eigenvalue weighted by molar-refractivity contribution is -0.145. The standard InChI is InChI=1S/C24H41N3O7.C2H4/c1-7-9-10-11-12-17(25-23(33)34-24(4,5)6)21(30)27-14-16(28)13-18(27)20(29)26-19(22(31)32)15(3)8-2;1-2/h8,15-19,28H,2,7,9-14H2,1,3-6H3,(H,25,33)(H,26,29)(H,31,32);1-2H2/t15?,16?,17-,18?,19?;/m0./s1. The number of likely N-dealkylation sites (tertiary alicyclic amines) is 1. The first-order chi connectivity index (χ1) is 16.8. The molecule has 10 heteroatoms. The fourth-order valence-electron chi connectivity index (χ4n) is 3.79. The molecular formula is C26H45N3O7. The van der Waals surface area contributed by atoms with Gasteiger partial charge < -0.3 is 30.5 Å². The number of carbonyl (C=O) groups is 4. The first kappa shape index (κ1) is 33.1. The number of carboxylic acids is 1. The van der Waals surface area contributed by atoms with Crippen LogP contribution in [0, 0.1) is 5.92 Å². The number of aliphatic hydroxyl groups is 1. The van der Waals surface area contributed by atoms with Crippen molar-refractivity contribution in [3.05, 3.63) is 25.8 Å². The number of carboxylic acid groups (broad SMARTS) is 1. The maximum Gasteiger partial charge on any atom is 0.408 e. The summed E-state index contributed by atoms with van der Waals surface area (Å²) in [7, 11) is 0. The van der Waals surface area contributed by atoms with Crippen molar-refractivity contribution in [3.63, 3.8) is 0 Å². The Hall–Kier alpha value is -2.88. The molecule has 0 aromatic heterocycles. The number of aliphatic carboxylic acids is 1. The average molecular weight is 512 g/mol. The molecule has 0 bridgehead atoms. The van der Waals surface area contributed by atoms with Gasteiger partial charge in [0.25, 0.3) is 0 Å². The number of amides is 3. The molecule has 1 aliphatic heterocycles. The Labute approximate surface area is 215 Å². The number of carbonyl (C=O) groups excluding carboxylic acids is 3. The van der Waals surface area contributed by atoms with Crippen LogP contribution in [0.3, 0.4) is 0 Å². The topological polar surface area (TPSA) is 145 Å². The molecule has 1 fully saturated rings. The Kier molecular flexibility index (Phi) is 14.7. The number of hydrogen-bond donors (Lipinski definition) is 4. The largest absolute Gasteiger partial charge is 0.480 e. The van der Waals surface area contributed by atoms with Crippen molar-refractivity contribution in [1.29, 1.82) is 0 Å². The summed E-state index contributed by atoms with van der Waals surface area (Å²) in [4.78, 5) is 51.6. The van der Waals surface area contributed by atoms with Gasteiger partial charge in [0.15, 0.2) is 0 Å². The highest BCUT2D eigenvalue weighted by Gasteiger charge is 2.42. The van der Waals surface area contributed by atoms with E-state index in [2.05, 4.69) is 37.3 Å². The van der Waals surface area contributed by atoms with E-state index >= 15 is 0 Å². The van der Waals surface area contributed by atoms with Crippen LogP contribution in [0.5, 0.6) is 0 Å². The molecular weight excluding hydrogens is 466 g/mol. The smallest absolute Gasteiger partial charge is 0.408 e. The van der Waals surface area contributed by atoms with Crippen molar-refractivity contribution >= 4 is 23.9 Å². The van der Waals surface area contributed by atoms with Crippen LogP contribution in [0.1, 0.15) is 73.1 Å². The molecule has 4 unspecified atom stereocenters. The molecule has 0 spiro atoms. The lowest BCUT2D eigenvalue weighted by Gasteiger charge is -2.30. The highest BCUT2D eigenvalue weighted by Crippen LogP contribution is 2.22. The predicted molar refractivity (Wildman–Crippen MR) is 138 cm³/mol. The molecule has 1 rings (SSSR count). The Morgan fingerprint density at radius 2 is 1.75 bits per heavy atom. The van der Waals surface area contributed by atoms with Crippen LogP contribution in [-0.4, -0.2) is 75.4 Å². The number of aliphatic hydroxyl groups excluding tert-OH is 1. The van der Waals surface area contributed by atoms with Crippen molar-refractivity contribution in [2.45, 2.75) is 103 Å². The number of unbranched alkanes of at least 4 members (excludes halogenated alkanes) is 3. The summed E-state index contributed by atoms with van der Waals surface area (Å²) in [5, 5.41) is 24.7. The summed E-state index contributed by atoms with van der Waals surface area (Å²) in [6.07, 6.45) is 3.61. The molecule has 0 aromatic rings. The average Bonchev–Trinajstić information content (AvgIpc) is 3.20. The van der Waals surface area contributed by atoms with Gasteiger partial charge in [-0.1, -0.05) is 45.6 Å². The number of β-amino-alcohol motifs (C(OH)–C–C–N with tert-alkyl or cyclic N) is 1. The quantitative estimate of drug-likeness (QED) is 0.233. The Bertz CT molecular complexity index is 750. The molecule has 10 nitrogen and oxygen atoms in total. The lowest BCUT2D eigenvalue weighted by atomic mass is 10.0. The SMILES string of the molecule is C=C.C=CC(C)C(NC(=O)C1CC(O)CN1C(=O)[C@H](CCCCCC)NC(=O)OC(C)(C)C)C(=O)O. The molecule has 5 atom stereocenters. The van der Waals surface area contributed by atoms with E-state index in [1.807, 2.05) is 0 Å². The molecule has 206 valence electrons. The first-order valence-corrected chi connectivity index (χ1v) is 12.4. The van der Waals surface area contributed by atoms with E-state index in [0.29, 0.717) is 12.8 Å². The molecule has 3 amide bonds. The Morgan fingerprint density at radius 3 is 2.25 bits per heavy atom. The normalized spacial score (nSPS) is 19.7. The van der Waals surface area contributed by atoms with E-state index in [1.54, 1.807) is 27.7 Å². The number of nitrogens with one attached hydrogen (secondary N) is 2. The molecule has 1 heterocycles. The summed E-state index contributed by atoms with van der Waals surface area (Å²) >= 11 is 0.